The van der Waals surface area contributed by atoms with Crippen LogP contribution in [-0.4, -0.2) is 16.3 Å². The number of hydrogen-bond donors (Lipinski definition) is 0. The van der Waals surface area contributed by atoms with Gasteiger partial charge in [0.2, 0.25) is 0 Å². The molecule has 0 N–H and O–H groups in total. The first-order valence-corrected chi connectivity index (χ1v) is 4.92. The van der Waals surface area contributed by atoms with Crippen molar-refractivity contribution < 1.29 is 4.84 Å². The predicted octanol–water partition coefficient (Wildman–Crippen LogP) is 0.942. The first-order chi connectivity index (χ1) is 7.27. The fraction of sp³-hybridized carbons (Fsp3) is 0.273. The molecule has 0 spiro atoms. The number of aromatic nitrogens is 2. The predicted molar refractivity (Wildman–Crippen MR) is 55.9 cm³/mol. The van der Waals surface area contributed by atoms with Gasteiger partial charge in [-0.15, -0.1) is 4.73 Å². The van der Waals surface area contributed by atoms with Crippen LogP contribution in [-0.2, 0) is 0 Å². The van der Waals surface area contributed by atoms with Gasteiger partial charge in [-0.3, -0.25) is 4.79 Å². The lowest BCUT2D eigenvalue weighted by Crippen LogP contribution is -2.25. The molecule has 1 aromatic carbocycles. The Hall–Kier alpha value is -1.84. The lowest BCUT2D eigenvalue weighted by Gasteiger charge is -2.03. The van der Waals surface area contributed by atoms with Gasteiger partial charge in [0.25, 0.3) is 5.56 Å². The largest absolute Gasteiger partial charge is 0.408 e. The highest BCUT2D eigenvalue weighted by atomic mass is 16.7. The van der Waals surface area contributed by atoms with Crippen LogP contribution in [0.1, 0.15) is 18.7 Å². The zero-order valence-corrected chi connectivity index (χ0v) is 8.30. The molecule has 1 aliphatic heterocycles. The van der Waals surface area contributed by atoms with Gasteiger partial charge in [0, 0.05) is 0 Å². The third kappa shape index (κ3) is 1.08. The summed E-state index contributed by atoms with van der Waals surface area (Å²) in [6.45, 7) is 2.53. The van der Waals surface area contributed by atoms with Crippen LogP contribution in [0.15, 0.2) is 29.1 Å². The Labute approximate surface area is 86.1 Å². The van der Waals surface area contributed by atoms with E-state index in [2.05, 4.69) is 4.98 Å². The van der Waals surface area contributed by atoms with E-state index in [1.165, 1.54) is 4.73 Å². The highest BCUT2D eigenvalue weighted by Crippen LogP contribution is 2.18. The van der Waals surface area contributed by atoms with Crippen molar-refractivity contribution in [2.45, 2.75) is 12.8 Å². The Bertz CT molecular complexity index is 589. The third-order valence-electron chi connectivity index (χ3n) is 2.66. The Balaban J connectivity index is 2.46. The fourth-order valence-electron chi connectivity index (χ4n) is 1.83. The molecule has 1 unspecified atom stereocenters. The van der Waals surface area contributed by atoms with Gasteiger partial charge in [-0.1, -0.05) is 19.1 Å². The number of benzene rings is 1. The molecule has 0 radical (unpaired) electrons. The van der Waals surface area contributed by atoms with Gasteiger partial charge in [0.15, 0.2) is 5.82 Å². The molecule has 1 aromatic heterocycles. The molecular weight excluding hydrogens is 192 g/mol. The van der Waals surface area contributed by atoms with Crippen molar-refractivity contribution in [1.29, 1.82) is 0 Å². The minimum atomic E-state index is -0.111. The van der Waals surface area contributed by atoms with E-state index in [9.17, 15) is 4.79 Å². The molecule has 0 saturated heterocycles. The molecule has 4 heteroatoms. The Morgan fingerprint density at radius 1 is 1.47 bits per heavy atom. The van der Waals surface area contributed by atoms with E-state index >= 15 is 0 Å². The summed E-state index contributed by atoms with van der Waals surface area (Å²) in [5.74, 6) is 0.904. The maximum Gasteiger partial charge on any atom is 0.294 e. The van der Waals surface area contributed by atoms with Crippen molar-refractivity contribution in [3.63, 3.8) is 0 Å². The van der Waals surface area contributed by atoms with E-state index in [1.807, 2.05) is 25.1 Å². The molecule has 76 valence electrons. The fourth-order valence-corrected chi connectivity index (χ4v) is 1.83. The molecule has 0 aliphatic carbocycles. The van der Waals surface area contributed by atoms with Gasteiger partial charge < -0.3 is 4.84 Å². The molecule has 4 nitrogen and oxygen atoms in total. The quantitative estimate of drug-likeness (QED) is 0.638. The number of para-hydroxylation sites is 1. The summed E-state index contributed by atoms with van der Waals surface area (Å²) in [6.07, 6.45) is 0. The molecule has 2 aromatic rings. The summed E-state index contributed by atoms with van der Waals surface area (Å²) < 4.78 is 1.31. The average molecular weight is 202 g/mol. The monoisotopic (exact) mass is 202 g/mol. The summed E-state index contributed by atoms with van der Waals surface area (Å²) >= 11 is 0. The summed E-state index contributed by atoms with van der Waals surface area (Å²) in [6, 6.07) is 7.33. The van der Waals surface area contributed by atoms with Crippen molar-refractivity contribution in [3.05, 3.63) is 40.4 Å². The Kier molecular flexibility index (Phi) is 1.59. The lowest BCUT2D eigenvalue weighted by atomic mass is 10.2. The normalized spacial score (nSPS) is 18.9. The highest BCUT2D eigenvalue weighted by molar-refractivity contribution is 5.77. The number of fused-ring (bicyclic) bond motifs is 2. The van der Waals surface area contributed by atoms with Gasteiger partial charge in [-0.05, 0) is 12.1 Å². The number of nitrogens with zero attached hydrogens (tertiary/aromatic N) is 2. The maximum absolute atomic E-state index is 12.0. The second kappa shape index (κ2) is 2.82. The van der Waals surface area contributed by atoms with E-state index < -0.39 is 0 Å². The minimum absolute atomic E-state index is 0.111. The first-order valence-electron chi connectivity index (χ1n) is 4.92. The van der Waals surface area contributed by atoms with Crippen LogP contribution >= 0.6 is 0 Å². The maximum atomic E-state index is 12.0. The summed E-state index contributed by atoms with van der Waals surface area (Å²) in [4.78, 5) is 21.7. The van der Waals surface area contributed by atoms with Crippen LogP contribution in [0.25, 0.3) is 10.9 Å². The summed E-state index contributed by atoms with van der Waals surface area (Å²) in [5.41, 5.74) is 0.631. The second-order valence-electron chi connectivity index (χ2n) is 3.78. The van der Waals surface area contributed by atoms with Crippen LogP contribution in [0.4, 0.5) is 0 Å². The van der Waals surface area contributed by atoms with Crippen molar-refractivity contribution in [3.8, 4) is 0 Å². The van der Waals surface area contributed by atoms with E-state index in [1.54, 1.807) is 6.07 Å². The molecule has 0 bridgehead atoms. The molecule has 0 amide bonds. The summed E-state index contributed by atoms with van der Waals surface area (Å²) in [5, 5.41) is 0.607. The molecule has 0 saturated carbocycles. The second-order valence-corrected chi connectivity index (χ2v) is 3.78. The van der Waals surface area contributed by atoms with E-state index in [0.717, 1.165) is 11.3 Å². The Morgan fingerprint density at radius 3 is 3.13 bits per heavy atom. The van der Waals surface area contributed by atoms with E-state index in [4.69, 9.17) is 4.84 Å². The van der Waals surface area contributed by atoms with Gasteiger partial charge in [0.05, 0.1) is 16.8 Å². The summed E-state index contributed by atoms with van der Waals surface area (Å²) in [7, 11) is 0. The van der Waals surface area contributed by atoms with Crippen molar-refractivity contribution in [2.24, 2.45) is 0 Å². The highest BCUT2D eigenvalue weighted by Gasteiger charge is 2.24. The molecule has 0 fully saturated rings. The van der Waals surface area contributed by atoms with Crippen LogP contribution < -0.4 is 10.4 Å². The standard InChI is InChI=1S/C11H10N2O2/c1-7-6-15-13-10(7)12-9-5-3-2-4-8(9)11(13)14/h2-5,7H,6H2,1H3. The van der Waals surface area contributed by atoms with Gasteiger partial charge in [-0.2, -0.15) is 0 Å². The van der Waals surface area contributed by atoms with Gasteiger partial charge in [-0.25, -0.2) is 4.98 Å². The zero-order valence-electron chi connectivity index (χ0n) is 8.30. The molecule has 15 heavy (non-hydrogen) atoms. The van der Waals surface area contributed by atoms with Crippen LogP contribution in [0.2, 0.25) is 0 Å². The van der Waals surface area contributed by atoms with Crippen molar-refractivity contribution in [1.82, 2.24) is 9.71 Å². The average Bonchev–Trinajstić information content (AvgIpc) is 2.62. The molecule has 2 heterocycles. The minimum Gasteiger partial charge on any atom is -0.408 e. The smallest absolute Gasteiger partial charge is 0.294 e. The zero-order chi connectivity index (χ0) is 10.4. The van der Waals surface area contributed by atoms with Crippen molar-refractivity contribution >= 4 is 10.9 Å². The molecule has 3 rings (SSSR count). The third-order valence-corrected chi connectivity index (χ3v) is 2.66. The SMILES string of the molecule is CC1COn2c1nc1ccccc1c2=O. The first kappa shape index (κ1) is 8.47. The Morgan fingerprint density at radius 2 is 2.27 bits per heavy atom. The molecular formula is C11H10N2O2. The molecule has 1 aliphatic rings. The number of rotatable bonds is 0. The van der Waals surface area contributed by atoms with E-state index in [-0.39, 0.29) is 11.5 Å². The van der Waals surface area contributed by atoms with Crippen molar-refractivity contribution in [2.75, 3.05) is 6.61 Å². The van der Waals surface area contributed by atoms with Crippen LogP contribution in [0.5, 0.6) is 0 Å². The van der Waals surface area contributed by atoms with Crippen LogP contribution in [0, 0.1) is 0 Å². The lowest BCUT2D eigenvalue weighted by molar-refractivity contribution is 0.137. The van der Waals surface area contributed by atoms with Gasteiger partial charge in [0.1, 0.15) is 6.61 Å². The molecule has 1 atom stereocenters. The number of hydrogen-bond acceptors (Lipinski definition) is 3. The van der Waals surface area contributed by atoms with E-state index in [0.29, 0.717) is 12.0 Å². The van der Waals surface area contributed by atoms with Gasteiger partial charge >= 0.3 is 0 Å². The topological polar surface area (TPSA) is 44.1 Å². The van der Waals surface area contributed by atoms with Crippen LogP contribution in [0.3, 0.4) is 0 Å².